The fourth-order valence-electron chi connectivity index (χ4n) is 1.95. The molecular formula is C14H18N4OS. The van der Waals surface area contributed by atoms with Crippen molar-refractivity contribution >= 4 is 17.2 Å². The van der Waals surface area contributed by atoms with Gasteiger partial charge in [-0.1, -0.05) is 18.1 Å². The molecule has 0 saturated carbocycles. The average molecular weight is 290 g/mol. The quantitative estimate of drug-likeness (QED) is 0.330. The second-order valence-electron chi connectivity index (χ2n) is 4.39. The number of rotatable bonds is 6. The monoisotopic (exact) mass is 290 g/mol. The van der Waals surface area contributed by atoms with Crippen LogP contribution in [-0.2, 0) is 6.54 Å². The van der Waals surface area contributed by atoms with Crippen LogP contribution in [0.25, 0.3) is 0 Å². The molecule has 2 rings (SSSR count). The maximum atomic E-state index is 8.67. The van der Waals surface area contributed by atoms with Gasteiger partial charge < -0.3 is 16.3 Å². The predicted octanol–water partition coefficient (Wildman–Crippen LogP) is 2.48. The van der Waals surface area contributed by atoms with Crippen LogP contribution in [-0.4, -0.2) is 16.0 Å². The van der Waals surface area contributed by atoms with Crippen molar-refractivity contribution in [1.29, 1.82) is 0 Å². The molecule has 5 nitrogen and oxygen atoms in total. The molecule has 6 heteroatoms. The van der Waals surface area contributed by atoms with E-state index in [1.54, 1.807) is 17.5 Å². The maximum Gasteiger partial charge on any atom is 0.188 e. The molecule has 2 aromatic heterocycles. The highest BCUT2D eigenvalue weighted by Gasteiger charge is 2.10. The number of nitrogens with two attached hydrogens (primary N) is 1. The van der Waals surface area contributed by atoms with Gasteiger partial charge in [0.2, 0.25) is 0 Å². The molecule has 0 radical (unpaired) electrons. The predicted molar refractivity (Wildman–Crippen MR) is 80.9 cm³/mol. The molecule has 0 aliphatic carbocycles. The van der Waals surface area contributed by atoms with Crippen LogP contribution in [0.1, 0.15) is 35.5 Å². The van der Waals surface area contributed by atoms with E-state index in [2.05, 4.69) is 39.9 Å². The summed E-state index contributed by atoms with van der Waals surface area (Å²) in [7, 11) is 0. The van der Waals surface area contributed by atoms with Crippen LogP contribution in [0.5, 0.6) is 0 Å². The van der Waals surface area contributed by atoms with E-state index in [4.69, 9.17) is 10.9 Å². The molecule has 0 spiro atoms. The van der Waals surface area contributed by atoms with E-state index in [-0.39, 0.29) is 5.84 Å². The number of oxime groups is 1. The lowest BCUT2D eigenvalue weighted by Crippen LogP contribution is -2.20. The van der Waals surface area contributed by atoms with E-state index in [1.165, 1.54) is 4.88 Å². The standard InChI is InChI=1S/C14H18N4OS/c1-2-11(13-4-3-7-20-13)17-9-10-5-6-16-12(8-10)14(15)18-19/h3-8,11,17,19H,2,9H2,1H3,(H2,15,18). The van der Waals surface area contributed by atoms with Crippen LogP contribution in [0.15, 0.2) is 41.0 Å². The van der Waals surface area contributed by atoms with Crippen LogP contribution < -0.4 is 11.1 Å². The van der Waals surface area contributed by atoms with Gasteiger partial charge in [0.25, 0.3) is 0 Å². The molecule has 20 heavy (non-hydrogen) atoms. The van der Waals surface area contributed by atoms with Gasteiger partial charge in [0.05, 0.1) is 0 Å². The molecule has 0 aliphatic rings. The molecule has 1 atom stereocenters. The Morgan fingerprint density at radius 1 is 1.55 bits per heavy atom. The van der Waals surface area contributed by atoms with Gasteiger partial charge in [-0.05, 0) is 35.6 Å². The van der Waals surface area contributed by atoms with Crippen LogP contribution in [0, 0.1) is 0 Å². The first-order valence-electron chi connectivity index (χ1n) is 6.44. The van der Waals surface area contributed by atoms with Gasteiger partial charge in [0.1, 0.15) is 5.69 Å². The zero-order chi connectivity index (χ0) is 14.4. The molecule has 0 aliphatic heterocycles. The number of thiophene rings is 1. The molecule has 1 unspecified atom stereocenters. The first-order valence-corrected chi connectivity index (χ1v) is 7.32. The van der Waals surface area contributed by atoms with Crippen molar-refractivity contribution in [2.45, 2.75) is 25.9 Å². The van der Waals surface area contributed by atoms with Crippen molar-refractivity contribution < 1.29 is 5.21 Å². The van der Waals surface area contributed by atoms with E-state index >= 15 is 0 Å². The van der Waals surface area contributed by atoms with Crippen molar-refractivity contribution in [1.82, 2.24) is 10.3 Å². The molecule has 0 fully saturated rings. The summed E-state index contributed by atoms with van der Waals surface area (Å²) in [6.07, 6.45) is 2.69. The van der Waals surface area contributed by atoms with Gasteiger partial charge in [0, 0.05) is 23.7 Å². The summed E-state index contributed by atoms with van der Waals surface area (Å²) < 4.78 is 0. The minimum Gasteiger partial charge on any atom is -0.409 e. The Morgan fingerprint density at radius 3 is 3.05 bits per heavy atom. The van der Waals surface area contributed by atoms with Crippen molar-refractivity contribution in [3.05, 3.63) is 52.0 Å². The molecule has 2 heterocycles. The summed E-state index contributed by atoms with van der Waals surface area (Å²) in [6.45, 7) is 2.87. The van der Waals surface area contributed by atoms with Crippen molar-refractivity contribution in [3.63, 3.8) is 0 Å². The van der Waals surface area contributed by atoms with Crippen LogP contribution in [0.4, 0.5) is 0 Å². The van der Waals surface area contributed by atoms with Gasteiger partial charge in [-0.15, -0.1) is 11.3 Å². The van der Waals surface area contributed by atoms with Gasteiger partial charge in [-0.25, -0.2) is 0 Å². The molecular weight excluding hydrogens is 272 g/mol. The second-order valence-corrected chi connectivity index (χ2v) is 5.37. The van der Waals surface area contributed by atoms with E-state index in [0.717, 1.165) is 12.0 Å². The largest absolute Gasteiger partial charge is 0.409 e. The van der Waals surface area contributed by atoms with E-state index in [1.807, 2.05) is 12.1 Å². The smallest absolute Gasteiger partial charge is 0.188 e. The highest BCUT2D eigenvalue weighted by atomic mass is 32.1. The van der Waals surface area contributed by atoms with Gasteiger partial charge >= 0.3 is 0 Å². The molecule has 2 aromatic rings. The molecule has 0 amide bonds. The number of hydrogen-bond donors (Lipinski definition) is 3. The lowest BCUT2D eigenvalue weighted by atomic mass is 10.1. The number of nitrogens with one attached hydrogen (secondary N) is 1. The highest BCUT2D eigenvalue weighted by Crippen LogP contribution is 2.22. The number of nitrogens with zero attached hydrogens (tertiary/aromatic N) is 2. The summed E-state index contributed by atoms with van der Waals surface area (Å²) in [4.78, 5) is 5.40. The van der Waals surface area contributed by atoms with E-state index in [9.17, 15) is 0 Å². The summed E-state index contributed by atoms with van der Waals surface area (Å²) in [6, 6.07) is 8.29. The SMILES string of the molecule is CCC(NCc1ccnc(C(N)=NO)c1)c1cccs1. The third kappa shape index (κ3) is 3.55. The first-order chi connectivity index (χ1) is 9.74. The fraction of sp³-hybridized carbons (Fsp3) is 0.286. The minimum absolute atomic E-state index is 0.0251. The van der Waals surface area contributed by atoms with Gasteiger partial charge in [-0.2, -0.15) is 0 Å². The molecule has 0 saturated heterocycles. The van der Waals surface area contributed by atoms with Crippen molar-refractivity contribution in [2.75, 3.05) is 0 Å². The summed E-state index contributed by atoms with van der Waals surface area (Å²) in [5.41, 5.74) is 7.08. The second kappa shape index (κ2) is 7.02. The number of amidine groups is 1. The number of pyridine rings is 1. The molecule has 106 valence electrons. The summed E-state index contributed by atoms with van der Waals surface area (Å²) in [5.74, 6) is 0.0251. The summed E-state index contributed by atoms with van der Waals surface area (Å²) >= 11 is 1.76. The van der Waals surface area contributed by atoms with E-state index < -0.39 is 0 Å². The zero-order valence-electron chi connectivity index (χ0n) is 11.3. The fourth-order valence-corrected chi connectivity index (χ4v) is 2.84. The highest BCUT2D eigenvalue weighted by molar-refractivity contribution is 7.10. The van der Waals surface area contributed by atoms with Crippen LogP contribution in [0.3, 0.4) is 0 Å². The maximum absolute atomic E-state index is 8.67. The Hall–Kier alpha value is -1.92. The Kier molecular flexibility index (Phi) is 5.09. The third-order valence-electron chi connectivity index (χ3n) is 3.04. The van der Waals surface area contributed by atoms with Gasteiger partial charge in [0.15, 0.2) is 5.84 Å². The van der Waals surface area contributed by atoms with Gasteiger partial charge in [-0.3, -0.25) is 4.98 Å². The Balaban J connectivity index is 2.03. The molecule has 0 bridgehead atoms. The molecule has 0 aromatic carbocycles. The number of hydrogen-bond acceptors (Lipinski definition) is 5. The Morgan fingerprint density at radius 2 is 2.40 bits per heavy atom. The number of aromatic nitrogens is 1. The first kappa shape index (κ1) is 14.5. The third-order valence-corrected chi connectivity index (χ3v) is 4.03. The van der Waals surface area contributed by atoms with Crippen molar-refractivity contribution in [2.24, 2.45) is 10.9 Å². The van der Waals surface area contributed by atoms with Crippen LogP contribution >= 0.6 is 11.3 Å². The van der Waals surface area contributed by atoms with E-state index in [0.29, 0.717) is 18.3 Å². The lowest BCUT2D eigenvalue weighted by molar-refractivity contribution is 0.318. The Labute approximate surface area is 122 Å². The normalized spacial score (nSPS) is 13.3. The minimum atomic E-state index is 0.0251. The van der Waals surface area contributed by atoms with Crippen molar-refractivity contribution in [3.8, 4) is 0 Å². The summed E-state index contributed by atoms with van der Waals surface area (Å²) in [5, 5.41) is 17.2. The average Bonchev–Trinajstić information content (AvgIpc) is 3.01. The van der Waals surface area contributed by atoms with Crippen LogP contribution in [0.2, 0.25) is 0 Å². The Bertz CT molecular complexity index is 568. The molecule has 4 N–H and O–H groups in total. The topological polar surface area (TPSA) is 83.5 Å². The lowest BCUT2D eigenvalue weighted by Gasteiger charge is -2.15. The zero-order valence-corrected chi connectivity index (χ0v) is 12.1.